The second kappa shape index (κ2) is 7.22. The molecular weight excluding hydrogens is 336 g/mol. The highest BCUT2D eigenvalue weighted by molar-refractivity contribution is 5.91. The van der Waals surface area contributed by atoms with Crippen molar-refractivity contribution in [2.75, 3.05) is 18.5 Å². The minimum absolute atomic E-state index is 0.150. The highest BCUT2D eigenvalue weighted by Crippen LogP contribution is 2.32. The smallest absolute Gasteiger partial charge is 0.249 e. The number of rotatable bonds is 5. The van der Waals surface area contributed by atoms with Gasteiger partial charge in [-0.1, -0.05) is 0 Å². The van der Waals surface area contributed by atoms with Crippen LogP contribution in [0, 0.1) is 0 Å². The molecule has 1 N–H and O–H groups in total. The number of hydrogen-bond acceptors (Lipinski definition) is 7. The first kappa shape index (κ1) is 16.1. The van der Waals surface area contributed by atoms with E-state index in [-0.39, 0.29) is 12.3 Å². The number of anilines is 1. The number of nitrogens with one attached hydrogen (secondary N) is 1. The van der Waals surface area contributed by atoms with E-state index in [1.807, 2.05) is 6.07 Å². The molecule has 0 saturated heterocycles. The Labute approximate surface area is 149 Å². The third-order valence-electron chi connectivity index (χ3n) is 3.77. The number of fused-ring (bicyclic) bond motifs is 1. The van der Waals surface area contributed by atoms with Crippen LogP contribution >= 0.6 is 0 Å². The van der Waals surface area contributed by atoms with Gasteiger partial charge in [0.05, 0.1) is 5.56 Å². The molecule has 1 amide bonds. The number of carbonyl (C=O) groups excluding carboxylic acids is 1. The molecule has 0 unspecified atom stereocenters. The number of ether oxygens (including phenoxy) is 2. The maximum atomic E-state index is 12.1. The van der Waals surface area contributed by atoms with Crippen LogP contribution < -0.4 is 14.8 Å². The second-order valence-corrected chi connectivity index (χ2v) is 5.65. The Kier molecular flexibility index (Phi) is 4.46. The van der Waals surface area contributed by atoms with E-state index in [1.165, 1.54) is 0 Å². The van der Waals surface area contributed by atoms with E-state index >= 15 is 0 Å². The molecule has 1 aliphatic rings. The van der Waals surface area contributed by atoms with E-state index in [0.717, 1.165) is 5.56 Å². The summed E-state index contributed by atoms with van der Waals surface area (Å²) in [6, 6.07) is 8.93. The van der Waals surface area contributed by atoms with Crippen LogP contribution in [0.2, 0.25) is 0 Å². The minimum Gasteiger partial charge on any atom is -0.486 e. The lowest BCUT2D eigenvalue weighted by Gasteiger charge is -2.18. The molecule has 0 atom stereocenters. The number of hydrogen-bond donors (Lipinski definition) is 1. The molecule has 26 heavy (non-hydrogen) atoms. The molecule has 3 aromatic rings. The Morgan fingerprint density at radius 2 is 2.00 bits per heavy atom. The van der Waals surface area contributed by atoms with Gasteiger partial charge in [-0.15, -0.1) is 10.2 Å². The van der Waals surface area contributed by atoms with Crippen molar-refractivity contribution in [1.29, 1.82) is 0 Å². The van der Waals surface area contributed by atoms with Crippen LogP contribution in [0.15, 0.2) is 47.1 Å². The first-order chi connectivity index (χ1) is 12.8. The van der Waals surface area contributed by atoms with Gasteiger partial charge in [-0.25, -0.2) is 0 Å². The Morgan fingerprint density at radius 1 is 1.12 bits per heavy atom. The van der Waals surface area contributed by atoms with Gasteiger partial charge >= 0.3 is 0 Å². The van der Waals surface area contributed by atoms with Crippen molar-refractivity contribution in [2.24, 2.45) is 0 Å². The van der Waals surface area contributed by atoms with Gasteiger partial charge in [0.25, 0.3) is 0 Å². The summed E-state index contributed by atoms with van der Waals surface area (Å²) in [5.41, 5.74) is 1.40. The largest absolute Gasteiger partial charge is 0.486 e. The quantitative estimate of drug-likeness (QED) is 0.753. The number of benzene rings is 1. The van der Waals surface area contributed by atoms with Crippen LogP contribution in [-0.4, -0.2) is 34.3 Å². The number of amides is 1. The molecular formula is C18H16N4O4. The molecule has 3 heterocycles. The summed E-state index contributed by atoms with van der Waals surface area (Å²) < 4.78 is 16.5. The topological polar surface area (TPSA) is 99.4 Å². The van der Waals surface area contributed by atoms with Crippen LogP contribution in [0.3, 0.4) is 0 Å². The van der Waals surface area contributed by atoms with Crippen LogP contribution in [0.1, 0.15) is 12.3 Å². The lowest BCUT2D eigenvalue weighted by Crippen LogP contribution is -2.16. The fourth-order valence-electron chi connectivity index (χ4n) is 2.53. The molecule has 132 valence electrons. The number of aryl methyl sites for hydroxylation is 1. The fraction of sp³-hybridized carbons (Fsp3) is 0.222. The highest BCUT2D eigenvalue weighted by atomic mass is 16.6. The van der Waals surface area contributed by atoms with Crippen molar-refractivity contribution >= 4 is 11.6 Å². The summed E-state index contributed by atoms with van der Waals surface area (Å²) in [5.74, 6) is 1.96. The molecule has 8 heteroatoms. The first-order valence-corrected chi connectivity index (χ1v) is 8.20. The van der Waals surface area contributed by atoms with E-state index in [1.54, 1.807) is 36.7 Å². The number of pyridine rings is 1. The Balaban J connectivity index is 1.34. The zero-order valence-corrected chi connectivity index (χ0v) is 13.8. The zero-order chi connectivity index (χ0) is 17.8. The molecule has 0 spiro atoms. The van der Waals surface area contributed by atoms with Crippen molar-refractivity contribution in [3.63, 3.8) is 0 Å². The van der Waals surface area contributed by atoms with Gasteiger partial charge in [-0.3, -0.25) is 9.78 Å². The van der Waals surface area contributed by atoms with Crippen molar-refractivity contribution in [3.8, 4) is 23.0 Å². The van der Waals surface area contributed by atoms with Crippen LogP contribution in [-0.2, 0) is 11.2 Å². The molecule has 0 radical (unpaired) electrons. The lowest BCUT2D eigenvalue weighted by molar-refractivity contribution is -0.116. The van der Waals surface area contributed by atoms with E-state index in [0.29, 0.717) is 48.6 Å². The fourth-order valence-corrected chi connectivity index (χ4v) is 2.53. The normalized spacial score (nSPS) is 12.6. The molecule has 2 aromatic heterocycles. The van der Waals surface area contributed by atoms with Crippen LogP contribution in [0.25, 0.3) is 11.5 Å². The van der Waals surface area contributed by atoms with Gasteiger partial charge in [0.2, 0.25) is 17.7 Å². The third-order valence-corrected chi connectivity index (χ3v) is 3.77. The first-order valence-electron chi connectivity index (χ1n) is 8.20. The number of carbonyl (C=O) groups is 1. The lowest BCUT2D eigenvalue weighted by atomic mass is 10.2. The summed E-state index contributed by atoms with van der Waals surface area (Å²) in [6.45, 7) is 1.03. The molecule has 0 saturated carbocycles. The SMILES string of the molecule is O=C(CCc1nnc(-c2cccnc2)o1)Nc1ccc2c(c1)OCCO2. The predicted molar refractivity (Wildman–Crippen MR) is 91.9 cm³/mol. The maximum absolute atomic E-state index is 12.1. The van der Waals surface area contributed by atoms with E-state index in [4.69, 9.17) is 13.9 Å². The Hall–Kier alpha value is -3.42. The average Bonchev–Trinajstić information content (AvgIpc) is 3.16. The van der Waals surface area contributed by atoms with Crippen LogP contribution in [0.5, 0.6) is 11.5 Å². The van der Waals surface area contributed by atoms with Crippen molar-refractivity contribution in [1.82, 2.24) is 15.2 Å². The maximum Gasteiger partial charge on any atom is 0.249 e. The molecule has 8 nitrogen and oxygen atoms in total. The predicted octanol–water partition coefficient (Wildman–Crippen LogP) is 2.47. The third kappa shape index (κ3) is 3.64. The second-order valence-electron chi connectivity index (χ2n) is 5.65. The van der Waals surface area contributed by atoms with Crippen molar-refractivity contribution in [3.05, 3.63) is 48.6 Å². The van der Waals surface area contributed by atoms with Crippen LogP contribution in [0.4, 0.5) is 5.69 Å². The van der Waals surface area contributed by atoms with Gasteiger partial charge in [0.15, 0.2) is 11.5 Å². The standard InChI is InChI=1S/C18H16N4O4/c23-16(20-13-3-4-14-15(10-13)25-9-8-24-14)5-6-17-21-22-18(26-17)12-2-1-7-19-11-12/h1-4,7,10-11H,5-6,8-9H2,(H,20,23). The van der Waals surface area contributed by atoms with Crippen molar-refractivity contribution in [2.45, 2.75) is 12.8 Å². The summed E-state index contributed by atoms with van der Waals surface area (Å²) in [6.07, 6.45) is 3.89. The molecule has 1 aliphatic heterocycles. The minimum atomic E-state index is -0.150. The van der Waals surface area contributed by atoms with E-state index in [2.05, 4.69) is 20.5 Å². The summed E-state index contributed by atoms with van der Waals surface area (Å²) in [4.78, 5) is 16.2. The van der Waals surface area contributed by atoms with Gasteiger partial charge in [0, 0.05) is 37.0 Å². The number of nitrogens with zero attached hydrogens (tertiary/aromatic N) is 3. The monoisotopic (exact) mass is 352 g/mol. The van der Waals surface area contributed by atoms with Crippen molar-refractivity contribution < 1.29 is 18.7 Å². The molecule has 1 aromatic carbocycles. The van der Waals surface area contributed by atoms with Gasteiger partial charge in [0.1, 0.15) is 13.2 Å². The van der Waals surface area contributed by atoms with Gasteiger partial charge in [-0.05, 0) is 24.3 Å². The molecule has 0 bridgehead atoms. The summed E-state index contributed by atoms with van der Waals surface area (Å²) in [5, 5.41) is 10.8. The van der Waals surface area contributed by atoms with Gasteiger partial charge in [-0.2, -0.15) is 0 Å². The van der Waals surface area contributed by atoms with Gasteiger partial charge < -0.3 is 19.2 Å². The summed E-state index contributed by atoms with van der Waals surface area (Å²) in [7, 11) is 0. The number of aromatic nitrogens is 3. The Bertz CT molecular complexity index is 911. The van der Waals surface area contributed by atoms with E-state index < -0.39 is 0 Å². The molecule has 4 rings (SSSR count). The van der Waals surface area contributed by atoms with E-state index in [9.17, 15) is 4.79 Å². The molecule has 0 fully saturated rings. The zero-order valence-electron chi connectivity index (χ0n) is 13.8. The highest BCUT2D eigenvalue weighted by Gasteiger charge is 2.14. The average molecular weight is 352 g/mol. The molecule has 0 aliphatic carbocycles. The Morgan fingerprint density at radius 3 is 2.85 bits per heavy atom. The summed E-state index contributed by atoms with van der Waals surface area (Å²) >= 11 is 0.